The molecular formula is C20H28Br2O3. The Morgan fingerprint density at radius 2 is 1.64 bits per heavy atom. The van der Waals surface area contributed by atoms with Crippen molar-refractivity contribution in [1.29, 1.82) is 0 Å². The molecule has 0 amide bonds. The van der Waals surface area contributed by atoms with Crippen LogP contribution in [0.2, 0.25) is 0 Å². The molecule has 0 N–H and O–H groups in total. The molecule has 1 aliphatic rings. The van der Waals surface area contributed by atoms with Crippen LogP contribution in [0.25, 0.3) is 0 Å². The third-order valence-corrected chi connectivity index (χ3v) is 5.85. The van der Waals surface area contributed by atoms with Crippen LogP contribution in [0.4, 0.5) is 0 Å². The third kappa shape index (κ3) is 6.07. The summed E-state index contributed by atoms with van der Waals surface area (Å²) in [7, 11) is 0. The Balaban J connectivity index is 1.89. The van der Waals surface area contributed by atoms with Crippen LogP contribution in [0.15, 0.2) is 27.1 Å². The number of halogens is 2. The first kappa shape index (κ1) is 20.9. The molecule has 1 atom stereocenters. The molecule has 0 bridgehead atoms. The zero-order chi connectivity index (χ0) is 18.6. The van der Waals surface area contributed by atoms with Gasteiger partial charge in [-0.1, -0.05) is 45.7 Å². The number of carbonyl (C=O) groups excluding carboxylic acids is 1. The number of rotatable bonds is 6. The molecule has 0 spiro atoms. The van der Waals surface area contributed by atoms with E-state index in [4.69, 9.17) is 9.47 Å². The number of hydrogen-bond acceptors (Lipinski definition) is 3. The molecule has 0 heterocycles. The highest BCUT2D eigenvalue weighted by atomic mass is 79.9. The van der Waals surface area contributed by atoms with Crippen LogP contribution < -0.4 is 0 Å². The van der Waals surface area contributed by atoms with E-state index in [0.29, 0.717) is 0 Å². The van der Waals surface area contributed by atoms with Gasteiger partial charge in [0.25, 0.3) is 0 Å². The predicted octanol–water partition coefficient (Wildman–Crippen LogP) is 6.36. The molecule has 3 nitrogen and oxygen atoms in total. The van der Waals surface area contributed by atoms with Gasteiger partial charge in [0.05, 0.1) is 17.6 Å². The molecule has 1 aromatic carbocycles. The summed E-state index contributed by atoms with van der Waals surface area (Å²) in [5.74, 6) is -0.0749. The Labute approximate surface area is 168 Å². The van der Waals surface area contributed by atoms with Gasteiger partial charge in [-0.25, -0.2) is 0 Å². The summed E-state index contributed by atoms with van der Waals surface area (Å²) in [5, 5.41) is 0. The number of benzene rings is 1. The second kappa shape index (κ2) is 9.01. The molecule has 1 unspecified atom stereocenters. The molecule has 0 radical (unpaired) electrons. The topological polar surface area (TPSA) is 35.5 Å². The van der Waals surface area contributed by atoms with Crippen molar-refractivity contribution >= 4 is 37.8 Å². The molecule has 5 heteroatoms. The van der Waals surface area contributed by atoms with Gasteiger partial charge in [-0.05, 0) is 69.7 Å². The van der Waals surface area contributed by atoms with Crippen molar-refractivity contribution in [2.24, 2.45) is 5.92 Å². The molecule has 1 fully saturated rings. The lowest BCUT2D eigenvalue weighted by Gasteiger charge is -2.35. The molecule has 1 saturated carbocycles. The molecule has 1 aliphatic carbocycles. The lowest BCUT2D eigenvalue weighted by Crippen LogP contribution is -2.34. The predicted molar refractivity (Wildman–Crippen MR) is 108 cm³/mol. The maximum atomic E-state index is 11.9. The van der Waals surface area contributed by atoms with Gasteiger partial charge in [0.2, 0.25) is 0 Å². The van der Waals surface area contributed by atoms with E-state index in [1.807, 2.05) is 19.9 Å². The average molecular weight is 476 g/mol. The van der Waals surface area contributed by atoms with Gasteiger partial charge in [-0.2, -0.15) is 0 Å². The van der Waals surface area contributed by atoms with Crippen LogP contribution in [-0.2, 0) is 19.9 Å². The normalized spacial score (nSPS) is 22.5. The van der Waals surface area contributed by atoms with Crippen molar-refractivity contribution in [2.75, 3.05) is 0 Å². The van der Waals surface area contributed by atoms with Crippen LogP contribution in [0.5, 0.6) is 0 Å². The standard InChI is InChI=1S/C20H28Br2O3/c1-5-13(2)19(23)24-17-6-8-18(9-7-17)25-20(3,4)14-10-15(21)12-16(22)11-14/h10-13,17-18H,5-9H2,1-4H3. The van der Waals surface area contributed by atoms with Gasteiger partial charge in [-0.3, -0.25) is 4.79 Å². The lowest BCUT2D eigenvalue weighted by atomic mass is 9.92. The summed E-state index contributed by atoms with van der Waals surface area (Å²) < 4.78 is 14.1. The van der Waals surface area contributed by atoms with E-state index in [-0.39, 0.29) is 29.7 Å². The Morgan fingerprint density at radius 1 is 1.12 bits per heavy atom. The van der Waals surface area contributed by atoms with E-state index in [1.54, 1.807) is 0 Å². The zero-order valence-corrected chi connectivity index (χ0v) is 18.7. The zero-order valence-electron chi connectivity index (χ0n) is 15.5. The smallest absolute Gasteiger partial charge is 0.308 e. The van der Waals surface area contributed by atoms with Gasteiger partial charge in [0.15, 0.2) is 0 Å². The monoisotopic (exact) mass is 474 g/mol. The first-order valence-corrected chi connectivity index (χ1v) is 10.6. The van der Waals surface area contributed by atoms with Gasteiger partial charge in [0, 0.05) is 8.95 Å². The van der Waals surface area contributed by atoms with Crippen molar-refractivity contribution in [2.45, 2.75) is 77.6 Å². The molecule has 0 aromatic heterocycles. The maximum Gasteiger partial charge on any atom is 0.308 e. The van der Waals surface area contributed by atoms with Gasteiger partial charge >= 0.3 is 5.97 Å². The molecule has 25 heavy (non-hydrogen) atoms. The fourth-order valence-corrected chi connectivity index (χ4v) is 4.39. The third-order valence-electron chi connectivity index (χ3n) is 4.94. The Hall–Kier alpha value is -0.390. The van der Waals surface area contributed by atoms with Crippen molar-refractivity contribution < 1.29 is 14.3 Å². The highest BCUT2D eigenvalue weighted by Gasteiger charge is 2.31. The second-order valence-electron chi connectivity index (χ2n) is 7.43. The Kier molecular flexibility index (Phi) is 7.53. The Bertz CT molecular complexity index is 572. The summed E-state index contributed by atoms with van der Waals surface area (Å²) >= 11 is 7.09. The number of carbonyl (C=O) groups is 1. The molecule has 140 valence electrons. The molecule has 0 aliphatic heterocycles. The first-order valence-electron chi connectivity index (χ1n) is 9.06. The summed E-state index contributed by atoms with van der Waals surface area (Å²) in [6.07, 6.45) is 4.69. The SMILES string of the molecule is CCC(C)C(=O)OC1CCC(OC(C)(C)c2cc(Br)cc(Br)c2)CC1. The average Bonchev–Trinajstić information content (AvgIpc) is 2.54. The minimum Gasteiger partial charge on any atom is -0.462 e. The van der Waals surface area contributed by atoms with Crippen molar-refractivity contribution in [1.82, 2.24) is 0 Å². The van der Waals surface area contributed by atoms with E-state index in [9.17, 15) is 4.79 Å². The molecular weight excluding hydrogens is 448 g/mol. The number of hydrogen-bond donors (Lipinski definition) is 0. The maximum absolute atomic E-state index is 11.9. The first-order chi connectivity index (χ1) is 11.7. The van der Waals surface area contributed by atoms with E-state index >= 15 is 0 Å². The highest BCUT2D eigenvalue weighted by molar-refractivity contribution is 9.11. The van der Waals surface area contributed by atoms with Crippen LogP contribution in [-0.4, -0.2) is 18.2 Å². The summed E-state index contributed by atoms with van der Waals surface area (Å²) in [5.41, 5.74) is 0.774. The number of esters is 1. The van der Waals surface area contributed by atoms with Crippen molar-refractivity contribution in [3.63, 3.8) is 0 Å². The van der Waals surface area contributed by atoms with E-state index in [1.165, 1.54) is 0 Å². The molecule has 2 rings (SSSR count). The summed E-state index contributed by atoms with van der Waals surface area (Å²) in [6.45, 7) is 8.15. The van der Waals surface area contributed by atoms with Gasteiger partial charge in [0.1, 0.15) is 6.10 Å². The summed E-state index contributed by atoms with van der Waals surface area (Å²) in [6, 6.07) is 6.23. The van der Waals surface area contributed by atoms with Gasteiger partial charge in [-0.15, -0.1) is 0 Å². The fourth-order valence-electron chi connectivity index (χ4n) is 3.10. The summed E-state index contributed by atoms with van der Waals surface area (Å²) in [4.78, 5) is 11.9. The van der Waals surface area contributed by atoms with E-state index in [2.05, 4.69) is 57.8 Å². The van der Waals surface area contributed by atoms with Crippen LogP contribution in [0.1, 0.15) is 65.4 Å². The van der Waals surface area contributed by atoms with Crippen LogP contribution in [0, 0.1) is 5.92 Å². The van der Waals surface area contributed by atoms with E-state index < -0.39 is 0 Å². The largest absolute Gasteiger partial charge is 0.462 e. The second-order valence-corrected chi connectivity index (χ2v) is 9.26. The minimum absolute atomic E-state index is 0.0112. The molecule has 1 aromatic rings. The fraction of sp³-hybridized carbons (Fsp3) is 0.650. The quantitative estimate of drug-likeness (QED) is 0.448. The lowest BCUT2D eigenvalue weighted by molar-refractivity contribution is -0.159. The highest BCUT2D eigenvalue weighted by Crippen LogP contribution is 2.35. The van der Waals surface area contributed by atoms with Crippen LogP contribution >= 0.6 is 31.9 Å². The minimum atomic E-state index is -0.364. The van der Waals surface area contributed by atoms with Gasteiger partial charge < -0.3 is 9.47 Å². The van der Waals surface area contributed by atoms with E-state index in [0.717, 1.165) is 46.6 Å². The Morgan fingerprint density at radius 3 is 2.16 bits per heavy atom. The van der Waals surface area contributed by atoms with Crippen molar-refractivity contribution in [3.8, 4) is 0 Å². The van der Waals surface area contributed by atoms with Crippen LogP contribution in [0.3, 0.4) is 0 Å². The van der Waals surface area contributed by atoms with Crippen molar-refractivity contribution in [3.05, 3.63) is 32.7 Å². The molecule has 0 saturated heterocycles. The number of ether oxygens (including phenoxy) is 2.